The number of rotatable bonds is 59. The largest absolute Gasteiger partial charge is 0.480 e. The first-order valence-corrected chi connectivity index (χ1v) is 37.5. The lowest BCUT2D eigenvalue weighted by molar-refractivity contribution is -0.145. The highest BCUT2D eigenvalue weighted by molar-refractivity contribution is 5.83. The maximum atomic E-state index is 11.5. The Bertz CT molecular complexity index is 2390. The van der Waals surface area contributed by atoms with Crippen LogP contribution in [0.25, 0.3) is 0 Å². The fraction of sp³-hybridized carbons (Fsp3) is 0.744. The molecule has 105 heavy (non-hydrogen) atoms. The third-order valence-electron chi connectivity index (χ3n) is 16.1. The summed E-state index contributed by atoms with van der Waals surface area (Å²) in [5.74, 6) is -5.15. The topological polar surface area (TPSA) is 527 Å². The summed E-state index contributed by atoms with van der Waals surface area (Å²) >= 11 is 0. The molecule has 0 amide bonds. The number of benzene rings is 1. The molecule has 0 radical (unpaired) electrons. The van der Waals surface area contributed by atoms with Gasteiger partial charge in [0.15, 0.2) is 0 Å². The van der Waals surface area contributed by atoms with Crippen molar-refractivity contribution in [1.29, 1.82) is 0 Å². The number of carboxylic acids is 6. The zero-order valence-corrected chi connectivity index (χ0v) is 63.2. The Morgan fingerprint density at radius 3 is 0.905 bits per heavy atom. The second-order valence-electron chi connectivity index (χ2n) is 26.0. The first-order valence-electron chi connectivity index (χ1n) is 37.5. The van der Waals surface area contributed by atoms with Gasteiger partial charge in [0.2, 0.25) is 0 Å². The molecule has 27 heteroatoms. The third-order valence-corrected chi connectivity index (χ3v) is 16.1. The lowest BCUT2D eigenvalue weighted by Gasteiger charge is -2.09. The van der Waals surface area contributed by atoms with Crippen molar-refractivity contribution < 1.29 is 97.6 Å². The quantitative estimate of drug-likeness (QED) is 0.0164. The number of aryl methyl sites for hydroxylation is 1. The lowest BCUT2D eigenvalue weighted by Crippen LogP contribution is -2.30. The van der Waals surface area contributed by atoms with E-state index in [1.165, 1.54) is 5.56 Å². The maximum Gasteiger partial charge on any atom is 0.320 e. The molecule has 612 valence electrons. The lowest BCUT2D eigenvalue weighted by atomic mass is 10.0. The van der Waals surface area contributed by atoms with Gasteiger partial charge in [0.05, 0.1) is 12.6 Å². The summed E-state index contributed by atoms with van der Waals surface area (Å²) < 4.78 is 10.2. The van der Waals surface area contributed by atoms with Crippen molar-refractivity contribution in [2.24, 2.45) is 40.1 Å². The fourth-order valence-electron chi connectivity index (χ4n) is 9.16. The van der Waals surface area contributed by atoms with E-state index in [-0.39, 0.29) is 44.4 Å². The minimum absolute atomic E-state index is 0. The Morgan fingerprint density at radius 2 is 0.619 bits per heavy atom. The van der Waals surface area contributed by atoms with Crippen molar-refractivity contribution in [2.75, 3.05) is 6.61 Å². The van der Waals surface area contributed by atoms with Gasteiger partial charge in [-0.05, 0) is 122 Å². The molecule has 0 bridgehead atoms. The van der Waals surface area contributed by atoms with E-state index in [9.17, 15) is 57.5 Å². The number of allylic oxidation sites excluding steroid dienone is 1. The maximum absolute atomic E-state index is 11.5. The predicted molar refractivity (Wildman–Crippen MR) is 414 cm³/mol. The Morgan fingerprint density at radius 1 is 0.343 bits per heavy atom. The van der Waals surface area contributed by atoms with Gasteiger partial charge < -0.3 is 80.2 Å². The third kappa shape index (κ3) is 81.1. The second kappa shape index (κ2) is 78.2. The van der Waals surface area contributed by atoms with Crippen molar-refractivity contribution in [2.45, 2.75) is 368 Å². The molecule has 20 N–H and O–H groups in total. The molecule has 1 aromatic carbocycles. The number of esters is 2. The molecule has 1 aromatic rings. The van der Waals surface area contributed by atoms with Crippen LogP contribution in [0.4, 0.5) is 0 Å². The van der Waals surface area contributed by atoms with Gasteiger partial charge in [0, 0.05) is 57.8 Å². The molecular weight excluding hydrogens is 1350 g/mol. The van der Waals surface area contributed by atoms with E-state index >= 15 is 0 Å². The molecule has 1 rings (SSSR count). The van der Waals surface area contributed by atoms with Crippen LogP contribution in [-0.4, -0.2) is 150 Å². The predicted octanol–water partition coefficient (Wildman–Crippen LogP) is 12.5. The van der Waals surface area contributed by atoms with Crippen LogP contribution in [0.3, 0.4) is 0 Å². The standard InChI is InChI=1S/C16H23NO4.C12H24N2O3.C12H23NO4.2C12H23NO3.C12H21NO3.2CH4/c1-12-7-9-13(10-8-12)11-21-15(18)6-4-2-3-5-14(17)16(19)20;1-2-6-9(13)11(15)8-5-3-4-7-10(14)12(16)17;1-2-3-9-17-11(14)8-6-4-5-7-10(13)12(15)16;3*1-2-3-7-10(14)8-5-4-6-9-11(13)12(15)16;;/h7-10,14H,2-6,11,17H2,1H3,(H,19,20);9-10H,2-8,13-14H2,1H3,(H,16,17);10H,2-9,13H2,1H3,(H,15,16);2*11H,2-9,13H2,1H3,(H,15,16);2,11H,1,3-9,13H2,(H,15,16);2*1H4/t14-;9-,10-;10-;3*11-;;/m000000../s1. The number of hydrogen-bond donors (Lipinski definition) is 13. The number of aliphatic carboxylic acids is 6. The van der Waals surface area contributed by atoms with Crippen molar-refractivity contribution in [1.82, 2.24) is 0 Å². The molecule has 0 aliphatic carbocycles. The summed E-state index contributed by atoms with van der Waals surface area (Å²) in [4.78, 5) is 131. The highest BCUT2D eigenvalue weighted by Crippen LogP contribution is 2.14. The minimum Gasteiger partial charge on any atom is -0.480 e. The van der Waals surface area contributed by atoms with Crippen molar-refractivity contribution in [3.05, 3.63) is 48.0 Å². The van der Waals surface area contributed by atoms with Gasteiger partial charge >= 0.3 is 47.8 Å². The number of carboxylic acid groups (broad SMARTS) is 6. The van der Waals surface area contributed by atoms with Crippen LogP contribution >= 0.6 is 0 Å². The monoisotopic (exact) mass is 1500 g/mol. The summed E-state index contributed by atoms with van der Waals surface area (Å²) in [7, 11) is 0. The molecule has 0 fully saturated rings. The number of Topliss-reactive ketones (excluding diaryl/α,β-unsaturated/α-hetero) is 4. The van der Waals surface area contributed by atoms with Crippen LogP contribution in [-0.2, 0) is 73.6 Å². The van der Waals surface area contributed by atoms with E-state index < -0.39 is 72.1 Å². The van der Waals surface area contributed by atoms with Gasteiger partial charge in [-0.2, -0.15) is 0 Å². The average molecular weight is 1500 g/mol. The molecule has 0 spiro atoms. The highest BCUT2D eigenvalue weighted by atomic mass is 16.5. The molecular formula is C78H145N7O20. The van der Waals surface area contributed by atoms with Crippen LogP contribution in [0.2, 0.25) is 0 Å². The molecule has 0 unspecified atom stereocenters. The molecule has 0 aliphatic rings. The second-order valence-corrected chi connectivity index (χ2v) is 26.0. The van der Waals surface area contributed by atoms with E-state index in [1.54, 1.807) is 6.08 Å². The van der Waals surface area contributed by atoms with Gasteiger partial charge in [0.25, 0.3) is 0 Å². The molecule has 0 heterocycles. The summed E-state index contributed by atoms with van der Waals surface area (Å²) in [5, 5.41) is 51.4. The zero-order valence-electron chi connectivity index (χ0n) is 63.2. The molecule has 27 nitrogen and oxygen atoms in total. The van der Waals surface area contributed by atoms with E-state index in [1.807, 2.05) is 45.0 Å². The summed E-state index contributed by atoms with van der Waals surface area (Å²) in [6, 6.07) is 2.86. The Labute approximate surface area is 628 Å². The van der Waals surface area contributed by atoms with Gasteiger partial charge in [-0.15, -0.1) is 6.58 Å². The number of hydrogen-bond acceptors (Lipinski definition) is 21. The number of ketones is 4. The summed E-state index contributed by atoms with van der Waals surface area (Å²) in [5.41, 5.74) is 40.0. The van der Waals surface area contributed by atoms with Gasteiger partial charge in [-0.1, -0.05) is 181 Å². The van der Waals surface area contributed by atoms with Crippen molar-refractivity contribution >= 4 is 70.9 Å². The number of carbonyl (C=O) groups is 12. The smallest absolute Gasteiger partial charge is 0.320 e. The van der Waals surface area contributed by atoms with E-state index in [4.69, 9.17) is 80.2 Å². The Hall–Kier alpha value is -6.88. The number of carbonyl (C=O) groups excluding carboxylic acids is 6. The summed E-state index contributed by atoms with van der Waals surface area (Å²) in [6.07, 6.45) is 32.3. The van der Waals surface area contributed by atoms with E-state index in [2.05, 4.69) is 20.4 Å². The van der Waals surface area contributed by atoms with Crippen molar-refractivity contribution in [3.63, 3.8) is 0 Å². The van der Waals surface area contributed by atoms with Crippen LogP contribution < -0.4 is 40.1 Å². The first kappa shape index (κ1) is 111. The SMILES string of the molecule is C.C.C=CCCC(=O)CCCCC[C@H](N)C(=O)O.CCCCC(=O)CCCCC[C@H](N)C(=O)O.CCCCC(=O)CCCCC[C@H](N)C(=O)O.CCCCOC(=O)CCCCC[C@H](N)C(=O)O.CCC[C@H](N)C(=O)CCCCC[C@H](N)C(=O)O.Cc1ccc(COC(=O)CCCCC[C@H](N)C(=O)O)cc1. The fourth-order valence-corrected chi connectivity index (χ4v) is 9.16. The van der Waals surface area contributed by atoms with Crippen molar-refractivity contribution in [3.8, 4) is 0 Å². The van der Waals surface area contributed by atoms with E-state index in [0.717, 1.165) is 166 Å². The molecule has 0 saturated heterocycles. The van der Waals surface area contributed by atoms with Crippen LogP contribution in [0.15, 0.2) is 36.9 Å². The Kier molecular flexibility index (Phi) is 83.0. The zero-order chi connectivity index (χ0) is 79.2. The van der Waals surface area contributed by atoms with Gasteiger partial charge in [-0.3, -0.25) is 57.5 Å². The Balaban J connectivity index is -0.000000219. The first-order chi connectivity index (χ1) is 48.8. The number of nitrogens with two attached hydrogens (primary N) is 7. The summed E-state index contributed by atoms with van der Waals surface area (Å²) in [6.45, 7) is 14.5. The normalized spacial score (nSPS) is 12.3. The van der Waals surface area contributed by atoms with Crippen LogP contribution in [0, 0.1) is 6.92 Å². The molecule has 0 aliphatic heterocycles. The van der Waals surface area contributed by atoms with E-state index in [0.29, 0.717) is 134 Å². The van der Waals surface area contributed by atoms with Crippen LogP contribution in [0.5, 0.6) is 0 Å². The van der Waals surface area contributed by atoms with Gasteiger partial charge in [-0.25, -0.2) is 0 Å². The van der Waals surface area contributed by atoms with Crippen LogP contribution in [0.1, 0.15) is 323 Å². The highest BCUT2D eigenvalue weighted by Gasteiger charge is 2.17. The van der Waals surface area contributed by atoms with Gasteiger partial charge in [0.1, 0.15) is 66.0 Å². The average Bonchev–Trinajstić information content (AvgIpc) is 0.941. The molecule has 0 aromatic heterocycles. The minimum atomic E-state index is -0.979. The number of unbranched alkanes of at least 4 members (excludes halogenated alkanes) is 15. The molecule has 7 atom stereocenters. The molecule has 0 saturated carbocycles. The number of ether oxygens (including phenoxy) is 2.